The third-order valence-electron chi connectivity index (χ3n) is 3.09. The van der Waals surface area contributed by atoms with Crippen LogP contribution in [0.5, 0.6) is 5.75 Å². The third-order valence-corrected chi connectivity index (χ3v) is 3.09. The average molecular weight is 285 g/mol. The number of nitrogens with two attached hydrogens (primary N) is 1. The molecule has 0 bridgehead atoms. The second-order valence-corrected chi connectivity index (χ2v) is 4.81. The second kappa shape index (κ2) is 5.37. The van der Waals surface area contributed by atoms with E-state index in [1.165, 1.54) is 0 Å². The maximum Gasteiger partial charge on any atom is 0.244 e. The van der Waals surface area contributed by atoms with Crippen LogP contribution in [-0.4, -0.2) is 25.0 Å². The van der Waals surface area contributed by atoms with Crippen LogP contribution in [0, 0.1) is 0 Å². The normalized spacial score (nSPS) is 12.5. The van der Waals surface area contributed by atoms with Crippen LogP contribution in [0.4, 0.5) is 0 Å². The van der Waals surface area contributed by atoms with Crippen molar-refractivity contribution in [1.29, 1.82) is 0 Å². The predicted octanol–water partition coefficient (Wildman–Crippen LogP) is 1.42. The van der Waals surface area contributed by atoms with Gasteiger partial charge in [0, 0.05) is 13.2 Å². The average Bonchev–Trinajstić information content (AvgIpc) is 3.10. The first-order valence-electron chi connectivity index (χ1n) is 6.49. The Bertz CT molecular complexity index is 732. The third kappa shape index (κ3) is 2.92. The molecule has 0 fully saturated rings. The van der Waals surface area contributed by atoms with Gasteiger partial charge in [0.2, 0.25) is 11.7 Å². The first kappa shape index (κ1) is 13.3. The van der Waals surface area contributed by atoms with Gasteiger partial charge in [0.25, 0.3) is 0 Å². The van der Waals surface area contributed by atoms with E-state index >= 15 is 0 Å². The van der Waals surface area contributed by atoms with E-state index in [1.807, 2.05) is 25.4 Å². The van der Waals surface area contributed by atoms with Crippen molar-refractivity contribution in [3.63, 3.8) is 0 Å². The van der Waals surface area contributed by atoms with Gasteiger partial charge in [0.15, 0.2) is 0 Å². The van der Waals surface area contributed by atoms with Gasteiger partial charge in [0.05, 0.1) is 6.04 Å². The molecule has 21 heavy (non-hydrogen) atoms. The molecule has 108 valence electrons. The summed E-state index contributed by atoms with van der Waals surface area (Å²) < 4.78 is 6.87. The maximum absolute atomic E-state index is 9.26. The van der Waals surface area contributed by atoms with Gasteiger partial charge in [-0.1, -0.05) is 17.3 Å². The molecule has 3 aromatic rings. The molecule has 2 aromatic heterocycles. The van der Waals surface area contributed by atoms with E-state index in [2.05, 4.69) is 15.2 Å². The summed E-state index contributed by atoms with van der Waals surface area (Å²) in [4.78, 5) is 4.28. The van der Waals surface area contributed by atoms with Crippen molar-refractivity contribution in [3.05, 3.63) is 48.0 Å². The Morgan fingerprint density at radius 3 is 2.71 bits per heavy atom. The van der Waals surface area contributed by atoms with Crippen molar-refractivity contribution in [3.8, 4) is 17.3 Å². The molecule has 0 amide bonds. The molecule has 1 aromatic carbocycles. The molecular weight excluding hydrogens is 270 g/mol. The Labute approximate surface area is 121 Å². The Hall–Kier alpha value is -2.67. The van der Waals surface area contributed by atoms with Gasteiger partial charge < -0.3 is 15.4 Å². The van der Waals surface area contributed by atoms with E-state index in [9.17, 15) is 5.11 Å². The highest BCUT2D eigenvalue weighted by atomic mass is 16.5. The van der Waals surface area contributed by atoms with Crippen molar-refractivity contribution < 1.29 is 9.63 Å². The Balaban J connectivity index is 1.74. The molecule has 0 saturated heterocycles. The standard InChI is InChI=1S/C14H15N5O2/c1-19-7-6-12(17-19)13-16-14(21-18-13)11(15)8-9-2-4-10(20)5-3-9/h2-7,11,20H,8,15H2,1H3/t11-/m0/s1. The van der Waals surface area contributed by atoms with Gasteiger partial charge in [-0.05, 0) is 30.2 Å². The van der Waals surface area contributed by atoms with Crippen LogP contribution in [0.2, 0.25) is 0 Å². The van der Waals surface area contributed by atoms with Gasteiger partial charge in [-0.25, -0.2) is 0 Å². The highest BCUT2D eigenvalue weighted by molar-refractivity contribution is 5.46. The van der Waals surface area contributed by atoms with Crippen LogP contribution in [0.3, 0.4) is 0 Å². The zero-order valence-corrected chi connectivity index (χ0v) is 11.5. The summed E-state index contributed by atoms with van der Waals surface area (Å²) in [5, 5.41) is 17.4. The smallest absolute Gasteiger partial charge is 0.244 e. The lowest BCUT2D eigenvalue weighted by atomic mass is 10.1. The summed E-state index contributed by atoms with van der Waals surface area (Å²) in [6, 6.07) is 8.26. The summed E-state index contributed by atoms with van der Waals surface area (Å²) in [7, 11) is 1.82. The number of rotatable bonds is 4. The number of hydrogen-bond acceptors (Lipinski definition) is 6. The highest BCUT2D eigenvalue weighted by Gasteiger charge is 2.17. The molecule has 3 N–H and O–H groups in total. The summed E-state index contributed by atoms with van der Waals surface area (Å²) in [5.41, 5.74) is 7.70. The van der Waals surface area contributed by atoms with Crippen LogP contribution in [-0.2, 0) is 13.5 Å². The number of phenolic OH excluding ortho intramolecular Hbond substituents is 1. The molecule has 3 rings (SSSR count). The van der Waals surface area contributed by atoms with Gasteiger partial charge in [-0.3, -0.25) is 4.68 Å². The monoisotopic (exact) mass is 285 g/mol. The minimum absolute atomic E-state index is 0.225. The first-order valence-corrected chi connectivity index (χ1v) is 6.49. The molecule has 0 spiro atoms. The van der Waals surface area contributed by atoms with Crippen LogP contribution in [0.25, 0.3) is 11.5 Å². The van der Waals surface area contributed by atoms with Crippen molar-refractivity contribution in [2.75, 3.05) is 0 Å². The minimum atomic E-state index is -0.403. The number of phenols is 1. The highest BCUT2D eigenvalue weighted by Crippen LogP contribution is 2.19. The zero-order valence-electron chi connectivity index (χ0n) is 11.5. The lowest BCUT2D eigenvalue weighted by Gasteiger charge is -2.06. The Kier molecular flexibility index (Phi) is 3.41. The SMILES string of the molecule is Cn1ccc(-c2noc([C@@H](N)Cc3ccc(O)cc3)n2)n1. The number of benzene rings is 1. The predicted molar refractivity (Wildman–Crippen MR) is 75.2 cm³/mol. The number of aromatic nitrogens is 4. The summed E-state index contributed by atoms with van der Waals surface area (Å²) in [5.74, 6) is 1.01. The van der Waals surface area contributed by atoms with E-state index in [-0.39, 0.29) is 5.75 Å². The molecule has 0 aliphatic heterocycles. The van der Waals surface area contributed by atoms with Crippen LogP contribution in [0.15, 0.2) is 41.1 Å². The van der Waals surface area contributed by atoms with E-state index in [1.54, 1.807) is 22.9 Å². The van der Waals surface area contributed by atoms with Crippen molar-refractivity contribution in [2.45, 2.75) is 12.5 Å². The Morgan fingerprint density at radius 1 is 1.29 bits per heavy atom. The summed E-state index contributed by atoms with van der Waals surface area (Å²) >= 11 is 0. The fourth-order valence-electron chi connectivity index (χ4n) is 2.00. The second-order valence-electron chi connectivity index (χ2n) is 4.81. The molecule has 7 nitrogen and oxygen atoms in total. The lowest BCUT2D eigenvalue weighted by Crippen LogP contribution is -2.13. The van der Waals surface area contributed by atoms with Crippen molar-refractivity contribution in [1.82, 2.24) is 19.9 Å². The summed E-state index contributed by atoms with van der Waals surface area (Å²) in [6.07, 6.45) is 2.35. The van der Waals surface area contributed by atoms with Gasteiger partial charge in [-0.15, -0.1) is 0 Å². The molecular formula is C14H15N5O2. The van der Waals surface area contributed by atoms with Gasteiger partial charge in [0.1, 0.15) is 11.4 Å². The number of hydrogen-bond donors (Lipinski definition) is 2. The molecule has 0 unspecified atom stereocenters. The van der Waals surface area contributed by atoms with E-state index < -0.39 is 6.04 Å². The zero-order chi connectivity index (χ0) is 14.8. The largest absolute Gasteiger partial charge is 0.508 e. The fourth-order valence-corrected chi connectivity index (χ4v) is 2.00. The van der Waals surface area contributed by atoms with E-state index in [4.69, 9.17) is 10.3 Å². The molecule has 0 aliphatic rings. The van der Waals surface area contributed by atoms with Gasteiger partial charge >= 0.3 is 0 Å². The maximum atomic E-state index is 9.26. The molecule has 0 radical (unpaired) electrons. The number of aryl methyl sites for hydroxylation is 1. The van der Waals surface area contributed by atoms with Crippen LogP contribution in [0.1, 0.15) is 17.5 Å². The number of aromatic hydroxyl groups is 1. The topological polar surface area (TPSA) is 103 Å². The first-order chi connectivity index (χ1) is 10.1. The van der Waals surface area contributed by atoms with Crippen molar-refractivity contribution >= 4 is 0 Å². The van der Waals surface area contributed by atoms with Gasteiger partial charge in [-0.2, -0.15) is 10.1 Å². The molecule has 1 atom stereocenters. The van der Waals surface area contributed by atoms with Crippen LogP contribution < -0.4 is 5.73 Å². The Morgan fingerprint density at radius 2 is 2.05 bits per heavy atom. The molecule has 7 heteroatoms. The van der Waals surface area contributed by atoms with E-state index in [0.717, 1.165) is 5.56 Å². The van der Waals surface area contributed by atoms with Crippen LogP contribution >= 0.6 is 0 Å². The molecule has 0 aliphatic carbocycles. The quantitative estimate of drug-likeness (QED) is 0.751. The molecule has 2 heterocycles. The number of nitrogens with zero attached hydrogens (tertiary/aromatic N) is 4. The fraction of sp³-hybridized carbons (Fsp3) is 0.214. The van der Waals surface area contributed by atoms with Crippen molar-refractivity contribution in [2.24, 2.45) is 12.8 Å². The minimum Gasteiger partial charge on any atom is -0.508 e. The van der Waals surface area contributed by atoms with E-state index in [0.29, 0.717) is 23.8 Å². The summed E-state index contributed by atoms with van der Waals surface area (Å²) in [6.45, 7) is 0. The lowest BCUT2D eigenvalue weighted by molar-refractivity contribution is 0.354. The molecule has 0 saturated carbocycles.